The molecule has 142 valence electrons. The lowest BCUT2D eigenvalue weighted by atomic mass is 10.1. The zero-order valence-electron chi connectivity index (χ0n) is 14.9. The summed E-state index contributed by atoms with van der Waals surface area (Å²) in [5, 5.41) is 0.365. The number of benzene rings is 1. The Labute approximate surface area is 158 Å². The average Bonchev–Trinajstić information content (AvgIpc) is 2.83. The molecule has 3 nitrogen and oxygen atoms in total. The van der Waals surface area contributed by atoms with Gasteiger partial charge in [-0.1, -0.05) is 25.5 Å². The van der Waals surface area contributed by atoms with E-state index in [4.69, 9.17) is 0 Å². The van der Waals surface area contributed by atoms with Crippen LogP contribution >= 0.6 is 11.3 Å². The highest BCUT2D eigenvalue weighted by atomic mass is 32.1. The predicted molar refractivity (Wildman–Crippen MR) is 101 cm³/mol. The summed E-state index contributed by atoms with van der Waals surface area (Å²) in [6.07, 6.45) is 0.621. The van der Waals surface area contributed by atoms with E-state index in [0.29, 0.717) is 5.39 Å². The van der Waals surface area contributed by atoms with Crippen LogP contribution in [0.5, 0.6) is 0 Å². The molecule has 0 spiro atoms. The van der Waals surface area contributed by atoms with Gasteiger partial charge in [0.25, 0.3) is 5.56 Å². The number of hydrogen-bond donors (Lipinski definition) is 0. The molecular formula is C20H19F3N2OS. The molecule has 1 aliphatic rings. The van der Waals surface area contributed by atoms with E-state index in [1.54, 1.807) is 24.3 Å². The molecule has 27 heavy (non-hydrogen) atoms. The number of hydrogen-bond acceptors (Lipinski definition) is 3. The summed E-state index contributed by atoms with van der Waals surface area (Å²) in [6, 6.07) is 6.63. The quantitative estimate of drug-likeness (QED) is 0.555. The van der Waals surface area contributed by atoms with Gasteiger partial charge in [-0.25, -0.2) is 4.98 Å². The summed E-state index contributed by atoms with van der Waals surface area (Å²) >= 11 is 1.24. The Balaban J connectivity index is 2.03. The minimum atomic E-state index is -4.71. The molecule has 0 unspecified atom stereocenters. The maximum absolute atomic E-state index is 13.7. The van der Waals surface area contributed by atoms with Gasteiger partial charge in [-0.3, -0.25) is 9.36 Å². The molecule has 1 aliphatic carbocycles. The van der Waals surface area contributed by atoms with E-state index < -0.39 is 17.6 Å². The van der Waals surface area contributed by atoms with Gasteiger partial charge in [0.05, 0.1) is 11.1 Å². The van der Waals surface area contributed by atoms with E-state index in [-0.39, 0.29) is 10.5 Å². The molecule has 0 radical (unpaired) electrons. The molecule has 0 bridgehead atoms. The molecular weight excluding hydrogens is 373 g/mol. The molecule has 7 heteroatoms. The summed E-state index contributed by atoms with van der Waals surface area (Å²) in [4.78, 5) is 18.4. The fourth-order valence-corrected chi connectivity index (χ4v) is 4.94. The molecule has 3 aromatic rings. The van der Waals surface area contributed by atoms with E-state index in [1.165, 1.54) is 11.3 Å². The summed E-state index contributed by atoms with van der Waals surface area (Å²) < 4.78 is 41.9. The first-order chi connectivity index (χ1) is 12.9. The van der Waals surface area contributed by atoms with Crippen LogP contribution < -0.4 is 5.56 Å². The second-order valence-corrected chi connectivity index (χ2v) is 7.92. The Morgan fingerprint density at radius 3 is 2.48 bits per heavy atom. The van der Waals surface area contributed by atoms with Gasteiger partial charge in [-0.05, 0) is 55.4 Å². The molecule has 2 heterocycles. The molecule has 0 fully saturated rings. The molecule has 0 amide bonds. The number of aromatic nitrogens is 2. The van der Waals surface area contributed by atoms with E-state index in [9.17, 15) is 18.0 Å². The lowest BCUT2D eigenvalue weighted by molar-refractivity contribution is -0.146. The third-order valence-electron chi connectivity index (χ3n) is 5.10. The van der Waals surface area contributed by atoms with Crippen LogP contribution in [0, 0.1) is 0 Å². The van der Waals surface area contributed by atoms with Crippen LogP contribution in [0.15, 0.2) is 29.1 Å². The van der Waals surface area contributed by atoms with Crippen molar-refractivity contribution in [3.63, 3.8) is 0 Å². The molecule has 0 saturated heterocycles. The third kappa shape index (κ3) is 3.18. The maximum Gasteiger partial charge on any atom is 0.450 e. The van der Waals surface area contributed by atoms with Crippen LogP contribution in [0.1, 0.15) is 48.0 Å². The van der Waals surface area contributed by atoms with E-state index in [0.717, 1.165) is 59.1 Å². The van der Waals surface area contributed by atoms with Crippen LogP contribution in [0.2, 0.25) is 0 Å². The van der Waals surface area contributed by atoms with E-state index in [1.807, 2.05) is 6.92 Å². The normalized spacial score (nSPS) is 15.0. The highest BCUT2D eigenvalue weighted by molar-refractivity contribution is 7.18. The number of fused-ring (bicyclic) bond motifs is 3. The summed E-state index contributed by atoms with van der Waals surface area (Å²) in [5.41, 5.74) is 1.49. The number of rotatable bonds is 2. The van der Waals surface area contributed by atoms with Crippen LogP contribution in [-0.2, 0) is 25.4 Å². The Hall–Kier alpha value is -2.15. The standard InChI is InChI=1S/C20H19F3N2OS/c1-2-12-8-10-13(11-9-12)25-18(26)16-14-6-4-3-5-7-15(14)27-17(16)24-19(25)20(21,22)23/h8-11H,2-7H2,1H3. The van der Waals surface area contributed by atoms with E-state index in [2.05, 4.69) is 4.98 Å². The van der Waals surface area contributed by atoms with Crippen molar-refractivity contribution < 1.29 is 13.2 Å². The average molecular weight is 392 g/mol. The van der Waals surface area contributed by atoms with E-state index >= 15 is 0 Å². The molecule has 0 aliphatic heterocycles. The molecule has 0 saturated carbocycles. The largest absolute Gasteiger partial charge is 0.450 e. The Kier molecular flexibility index (Phi) is 4.58. The third-order valence-corrected chi connectivity index (χ3v) is 6.28. The van der Waals surface area contributed by atoms with Gasteiger partial charge < -0.3 is 0 Å². The molecule has 0 atom stereocenters. The first-order valence-corrected chi connectivity index (χ1v) is 9.95. The van der Waals surface area contributed by atoms with Crippen LogP contribution in [0.4, 0.5) is 13.2 Å². The predicted octanol–water partition coefficient (Wildman–Crippen LogP) is 5.30. The summed E-state index contributed by atoms with van der Waals surface area (Å²) in [7, 11) is 0. The smallest absolute Gasteiger partial charge is 0.268 e. The van der Waals surface area contributed by atoms with Gasteiger partial charge in [-0.15, -0.1) is 11.3 Å². The fourth-order valence-electron chi connectivity index (χ4n) is 3.69. The number of thiophene rings is 1. The van der Waals surface area contributed by atoms with Crippen LogP contribution in [0.3, 0.4) is 0 Å². The summed E-state index contributed by atoms with van der Waals surface area (Å²) in [5.74, 6) is -1.15. The van der Waals surface area contributed by atoms with Gasteiger partial charge >= 0.3 is 6.18 Å². The van der Waals surface area contributed by atoms with Gasteiger partial charge in [0.1, 0.15) is 4.83 Å². The topological polar surface area (TPSA) is 34.9 Å². The Morgan fingerprint density at radius 1 is 1.11 bits per heavy atom. The summed E-state index contributed by atoms with van der Waals surface area (Å²) in [6.45, 7) is 1.97. The lowest BCUT2D eigenvalue weighted by Gasteiger charge is -2.15. The highest BCUT2D eigenvalue weighted by Crippen LogP contribution is 2.36. The van der Waals surface area contributed by atoms with Crippen molar-refractivity contribution in [2.75, 3.05) is 0 Å². The second kappa shape index (κ2) is 6.78. The van der Waals surface area contributed by atoms with Crippen molar-refractivity contribution in [2.45, 2.75) is 51.6 Å². The Bertz CT molecular complexity index is 1050. The number of alkyl halides is 3. The van der Waals surface area contributed by atoms with Crippen LogP contribution in [-0.4, -0.2) is 9.55 Å². The monoisotopic (exact) mass is 392 g/mol. The van der Waals surface area contributed by atoms with Gasteiger partial charge in [0.2, 0.25) is 5.82 Å². The zero-order chi connectivity index (χ0) is 19.2. The van der Waals surface area contributed by atoms with Gasteiger partial charge in [0.15, 0.2) is 0 Å². The highest BCUT2D eigenvalue weighted by Gasteiger charge is 2.38. The number of halogens is 3. The van der Waals surface area contributed by atoms with Crippen molar-refractivity contribution >= 4 is 21.6 Å². The van der Waals surface area contributed by atoms with Crippen molar-refractivity contribution in [1.82, 2.24) is 9.55 Å². The minimum absolute atomic E-state index is 0.201. The minimum Gasteiger partial charge on any atom is -0.268 e. The SMILES string of the molecule is CCc1ccc(-n2c(C(F)(F)F)nc3sc4c(c3c2=O)CCCCC4)cc1. The molecule has 1 aromatic carbocycles. The number of nitrogens with zero attached hydrogens (tertiary/aromatic N) is 2. The van der Waals surface area contributed by atoms with Crippen molar-refractivity contribution in [2.24, 2.45) is 0 Å². The first kappa shape index (κ1) is 18.2. The van der Waals surface area contributed by atoms with Crippen molar-refractivity contribution in [1.29, 1.82) is 0 Å². The molecule has 4 rings (SSSR count). The van der Waals surface area contributed by atoms with Crippen LogP contribution in [0.25, 0.3) is 15.9 Å². The van der Waals surface area contributed by atoms with Crippen molar-refractivity contribution in [3.05, 3.63) is 56.4 Å². The zero-order valence-corrected chi connectivity index (χ0v) is 15.7. The maximum atomic E-state index is 13.7. The van der Waals surface area contributed by atoms with Gasteiger partial charge in [0, 0.05) is 4.88 Å². The lowest BCUT2D eigenvalue weighted by Crippen LogP contribution is -2.28. The first-order valence-electron chi connectivity index (χ1n) is 9.14. The fraction of sp³-hybridized carbons (Fsp3) is 0.400. The Morgan fingerprint density at radius 2 is 1.81 bits per heavy atom. The number of aryl methyl sites for hydroxylation is 3. The molecule has 0 N–H and O–H groups in total. The van der Waals surface area contributed by atoms with Gasteiger partial charge in [-0.2, -0.15) is 13.2 Å². The van der Waals surface area contributed by atoms with Crippen molar-refractivity contribution in [3.8, 4) is 5.69 Å². The molecule has 2 aromatic heterocycles. The second-order valence-electron chi connectivity index (χ2n) is 6.84.